The van der Waals surface area contributed by atoms with Crippen molar-refractivity contribution in [1.82, 2.24) is 0 Å². The Kier molecular flexibility index (Phi) is 5.37. The molecule has 0 aliphatic rings. The van der Waals surface area contributed by atoms with Gasteiger partial charge in [0.2, 0.25) is 0 Å². The highest BCUT2D eigenvalue weighted by atomic mass is 32.2. The van der Waals surface area contributed by atoms with Gasteiger partial charge in [0, 0.05) is 10.8 Å². The molecule has 0 heterocycles. The lowest BCUT2D eigenvalue weighted by molar-refractivity contribution is 0.232. The minimum Gasteiger partial charge on any atom is -0.389 e. The van der Waals surface area contributed by atoms with Crippen LogP contribution in [-0.4, -0.2) is 39.6 Å². The van der Waals surface area contributed by atoms with Crippen molar-refractivity contribution in [2.24, 2.45) is 0 Å². The van der Waals surface area contributed by atoms with E-state index in [1.54, 1.807) is 0 Å². The van der Waals surface area contributed by atoms with Gasteiger partial charge in [-0.3, -0.25) is 0 Å². The van der Waals surface area contributed by atoms with E-state index in [9.17, 15) is 21.9 Å². The Morgan fingerprint density at radius 1 is 1.31 bits per heavy atom. The number of aliphatic hydroxyl groups is 1. The highest BCUT2D eigenvalue weighted by Gasteiger charge is 2.16. The van der Waals surface area contributed by atoms with Crippen molar-refractivity contribution in [2.45, 2.75) is 20.0 Å². The molecule has 7 heteroatoms. The molecular weight excluding hydrogens is 252 g/mol. The lowest BCUT2D eigenvalue weighted by Gasteiger charge is -2.09. The third-order valence-corrected chi connectivity index (χ3v) is 4.60. The molecule has 0 bridgehead atoms. The van der Waals surface area contributed by atoms with E-state index < -0.39 is 31.5 Å². The summed E-state index contributed by atoms with van der Waals surface area (Å²) >= 11 is 0. The van der Waals surface area contributed by atoms with Gasteiger partial charge < -0.3 is 5.11 Å². The van der Waals surface area contributed by atoms with Gasteiger partial charge in [-0.2, -0.15) is 0 Å². The second-order valence-electron chi connectivity index (χ2n) is 3.29. The predicted molar refractivity (Wildman–Crippen MR) is 63.2 cm³/mol. The molecule has 16 heavy (non-hydrogen) atoms. The molecule has 0 aliphatic carbocycles. The van der Waals surface area contributed by atoms with Crippen molar-refractivity contribution in [1.29, 1.82) is 0 Å². The Labute approximate surface area is 96.3 Å². The summed E-state index contributed by atoms with van der Waals surface area (Å²) in [5.74, 6) is -0.676. The molecule has 0 amide bonds. The molecule has 0 saturated carbocycles. The Morgan fingerprint density at radius 3 is 2.12 bits per heavy atom. The molecule has 0 aromatic carbocycles. The predicted octanol–water partition coefficient (Wildman–Crippen LogP) is 0.244. The van der Waals surface area contributed by atoms with Crippen LogP contribution in [0.1, 0.15) is 13.8 Å². The zero-order valence-corrected chi connectivity index (χ0v) is 10.9. The molecule has 1 unspecified atom stereocenters. The molecule has 0 saturated heterocycles. The number of hydrogen-bond donors (Lipinski definition) is 1. The van der Waals surface area contributed by atoms with Gasteiger partial charge >= 0.3 is 0 Å². The molecule has 0 spiro atoms. The maximum atomic E-state index is 11.3. The lowest BCUT2D eigenvalue weighted by atomic mass is 10.2. The molecule has 94 valence electrons. The van der Waals surface area contributed by atoms with Gasteiger partial charge in [0.05, 0.1) is 17.6 Å². The summed E-state index contributed by atoms with van der Waals surface area (Å²) in [6, 6.07) is 0. The highest BCUT2D eigenvalue weighted by Crippen LogP contribution is 2.10. The summed E-state index contributed by atoms with van der Waals surface area (Å²) in [6.45, 7) is 5.87. The Balaban J connectivity index is 5.29. The second kappa shape index (κ2) is 5.60. The number of rotatable bonds is 6. The summed E-state index contributed by atoms with van der Waals surface area (Å²) in [5.41, 5.74) is -0.0539. The Morgan fingerprint density at radius 2 is 1.81 bits per heavy atom. The molecule has 1 atom stereocenters. The first-order chi connectivity index (χ1) is 7.13. The fourth-order valence-corrected chi connectivity index (χ4v) is 2.78. The minimum atomic E-state index is -3.57. The van der Waals surface area contributed by atoms with Crippen LogP contribution in [0.2, 0.25) is 0 Å². The maximum Gasteiger partial charge on any atom is 0.174 e. The van der Waals surface area contributed by atoms with Crippen LogP contribution in [0.3, 0.4) is 0 Å². The average molecular weight is 268 g/mol. The smallest absolute Gasteiger partial charge is 0.174 e. The first-order valence-electron chi connectivity index (χ1n) is 4.60. The van der Waals surface area contributed by atoms with Crippen molar-refractivity contribution in [3.8, 4) is 0 Å². The first kappa shape index (κ1) is 15.3. The molecule has 0 aliphatic heterocycles. The van der Waals surface area contributed by atoms with Crippen LogP contribution in [0.4, 0.5) is 0 Å². The largest absolute Gasteiger partial charge is 0.389 e. The molecular formula is C9H16O5S2. The summed E-state index contributed by atoms with van der Waals surface area (Å²) in [6.07, 6.45) is -1.13. The van der Waals surface area contributed by atoms with E-state index in [1.807, 2.05) is 0 Å². The highest BCUT2D eigenvalue weighted by molar-refractivity contribution is 7.95. The SMILES string of the molecule is C=CS(=O)(=O)CC(=CS(=O)(=O)CC)C(C)O. The lowest BCUT2D eigenvalue weighted by Crippen LogP contribution is -2.16. The molecule has 5 nitrogen and oxygen atoms in total. The van der Waals surface area contributed by atoms with Crippen LogP contribution in [0.5, 0.6) is 0 Å². The van der Waals surface area contributed by atoms with Gasteiger partial charge in [-0.25, -0.2) is 16.8 Å². The first-order valence-corrected chi connectivity index (χ1v) is 8.03. The van der Waals surface area contributed by atoms with Gasteiger partial charge in [-0.05, 0) is 12.5 Å². The second-order valence-corrected chi connectivity index (χ2v) is 7.38. The fourth-order valence-electron chi connectivity index (χ4n) is 0.858. The van der Waals surface area contributed by atoms with Crippen molar-refractivity contribution in [2.75, 3.05) is 11.5 Å². The number of hydrogen-bond acceptors (Lipinski definition) is 5. The van der Waals surface area contributed by atoms with Gasteiger partial charge in [0.15, 0.2) is 19.7 Å². The van der Waals surface area contributed by atoms with E-state index in [0.29, 0.717) is 0 Å². The van der Waals surface area contributed by atoms with Gasteiger partial charge in [-0.15, -0.1) is 0 Å². The van der Waals surface area contributed by atoms with Gasteiger partial charge in [0.1, 0.15) is 0 Å². The van der Waals surface area contributed by atoms with Crippen LogP contribution in [0.15, 0.2) is 23.0 Å². The Hall–Kier alpha value is -0.660. The van der Waals surface area contributed by atoms with Crippen molar-refractivity contribution in [3.63, 3.8) is 0 Å². The van der Waals surface area contributed by atoms with Gasteiger partial charge in [-0.1, -0.05) is 13.5 Å². The quantitative estimate of drug-likeness (QED) is 0.745. The Bertz CT molecular complexity index is 468. The zero-order chi connectivity index (χ0) is 13.0. The third-order valence-electron chi connectivity index (χ3n) is 1.89. The normalized spacial score (nSPS) is 15.8. The number of aliphatic hydroxyl groups excluding tert-OH is 1. The third kappa shape index (κ3) is 5.43. The van der Waals surface area contributed by atoms with Crippen molar-refractivity contribution >= 4 is 19.7 Å². The van der Waals surface area contributed by atoms with E-state index in [0.717, 1.165) is 10.8 Å². The summed E-state index contributed by atoms with van der Waals surface area (Å²) < 4.78 is 45.0. The maximum absolute atomic E-state index is 11.3. The van der Waals surface area contributed by atoms with E-state index >= 15 is 0 Å². The van der Waals surface area contributed by atoms with Crippen molar-refractivity contribution in [3.05, 3.63) is 23.0 Å². The molecule has 0 aromatic rings. The average Bonchev–Trinajstić information content (AvgIpc) is 2.16. The standard InChI is InChI=1S/C9H16O5S2/c1-4-15(11,12)6-9(8(3)10)7-16(13,14)5-2/h4,7-8,10H,1,5-6H2,2-3H3. The monoisotopic (exact) mass is 268 g/mol. The topological polar surface area (TPSA) is 88.5 Å². The van der Waals surface area contributed by atoms with E-state index in [4.69, 9.17) is 0 Å². The minimum absolute atomic E-state index is 0.0539. The zero-order valence-electron chi connectivity index (χ0n) is 9.25. The molecule has 0 fully saturated rings. The molecule has 1 N–H and O–H groups in total. The van der Waals surface area contributed by atoms with E-state index in [1.165, 1.54) is 13.8 Å². The molecule has 0 radical (unpaired) electrons. The van der Waals surface area contributed by atoms with Crippen molar-refractivity contribution < 1.29 is 21.9 Å². The molecule has 0 rings (SSSR count). The van der Waals surface area contributed by atoms with Crippen LogP contribution in [0, 0.1) is 0 Å². The summed E-state index contributed by atoms with van der Waals surface area (Å²) in [4.78, 5) is 0. The summed E-state index contributed by atoms with van der Waals surface area (Å²) in [7, 11) is -7.04. The van der Waals surface area contributed by atoms with Crippen LogP contribution in [-0.2, 0) is 19.7 Å². The van der Waals surface area contributed by atoms with Crippen LogP contribution < -0.4 is 0 Å². The van der Waals surface area contributed by atoms with E-state index in [-0.39, 0.29) is 11.3 Å². The van der Waals surface area contributed by atoms with Crippen LogP contribution in [0.25, 0.3) is 0 Å². The van der Waals surface area contributed by atoms with Crippen LogP contribution >= 0.6 is 0 Å². The fraction of sp³-hybridized carbons (Fsp3) is 0.556. The number of sulfone groups is 2. The summed E-state index contributed by atoms with van der Waals surface area (Å²) in [5, 5.41) is 10.9. The van der Waals surface area contributed by atoms with Gasteiger partial charge in [0.25, 0.3) is 0 Å². The molecule has 0 aromatic heterocycles. The van der Waals surface area contributed by atoms with E-state index in [2.05, 4.69) is 6.58 Å².